The molecule has 1 heterocycles. The van der Waals surface area contributed by atoms with Gasteiger partial charge < -0.3 is 10.6 Å². The van der Waals surface area contributed by atoms with Gasteiger partial charge in [-0.15, -0.1) is 0 Å². The van der Waals surface area contributed by atoms with Gasteiger partial charge in [-0.2, -0.15) is 5.10 Å². The topological polar surface area (TPSA) is 76.0 Å². The Morgan fingerprint density at radius 1 is 1.18 bits per heavy atom. The van der Waals surface area contributed by atoms with Crippen molar-refractivity contribution >= 4 is 23.4 Å². The Morgan fingerprint density at radius 3 is 2.45 bits per heavy atom. The summed E-state index contributed by atoms with van der Waals surface area (Å²) in [6.07, 6.45) is 1.53. The standard InChI is InChI=1S/C15H17ClN4O2/c1-10-14(15(22)18-8-7-17-11(2)21)9-19-20(10)13-5-3-12(16)4-6-13/h3-6,9H,7-8H2,1-2H3,(H,17,21)(H,18,22). The molecule has 2 amide bonds. The molecule has 0 aliphatic rings. The maximum atomic E-state index is 12.1. The molecule has 0 aliphatic carbocycles. The van der Waals surface area contributed by atoms with Crippen LogP contribution in [0.15, 0.2) is 30.5 Å². The van der Waals surface area contributed by atoms with Crippen LogP contribution in [0.5, 0.6) is 0 Å². The van der Waals surface area contributed by atoms with Crippen molar-refractivity contribution in [3.63, 3.8) is 0 Å². The first kappa shape index (κ1) is 16.0. The molecular formula is C15H17ClN4O2. The van der Waals surface area contributed by atoms with Crippen molar-refractivity contribution < 1.29 is 9.59 Å². The van der Waals surface area contributed by atoms with E-state index in [1.54, 1.807) is 16.8 Å². The third-order valence-electron chi connectivity index (χ3n) is 3.11. The molecule has 2 rings (SSSR count). The van der Waals surface area contributed by atoms with Gasteiger partial charge in [-0.25, -0.2) is 4.68 Å². The summed E-state index contributed by atoms with van der Waals surface area (Å²) in [5.41, 5.74) is 2.07. The molecule has 6 nitrogen and oxygen atoms in total. The molecule has 0 atom stereocenters. The lowest BCUT2D eigenvalue weighted by Crippen LogP contribution is -2.33. The van der Waals surface area contributed by atoms with Crippen molar-refractivity contribution in [1.29, 1.82) is 0 Å². The first-order valence-electron chi connectivity index (χ1n) is 6.82. The number of rotatable bonds is 5. The highest BCUT2D eigenvalue weighted by atomic mass is 35.5. The van der Waals surface area contributed by atoms with Crippen molar-refractivity contribution in [3.05, 3.63) is 46.7 Å². The second-order valence-electron chi connectivity index (χ2n) is 4.77. The summed E-state index contributed by atoms with van der Waals surface area (Å²) in [6.45, 7) is 4.02. The number of nitrogens with zero attached hydrogens (tertiary/aromatic N) is 2. The molecule has 2 N–H and O–H groups in total. The summed E-state index contributed by atoms with van der Waals surface area (Å²) in [5.74, 6) is -0.343. The van der Waals surface area contributed by atoms with Crippen molar-refractivity contribution in [2.75, 3.05) is 13.1 Å². The van der Waals surface area contributed by atoms with E-state index in [0.29, 0.717) is 23.7 Å². The van der Waals surface area contributed by atoms with Crippen molar-refractivity contribution in [2.45, 2.75) is 13.8 Å². The third kappa shape index (κ3) is 3.85. The number of aromatic nitrogens is 2. The van der Waals surface area contributed by atoms with Gasteiger partial charge in [-0.05, 0) is 31.2 Å². The van der Waals surface area contributed by atoms with Gasteiger partial charge in [-0.1, -0.05) is 11.6 Å². The lowest BCUT2D eigenvalue weighted by atomic mass is 10.2. The number of amides is 2. The average Bonchev–Trinajstić information content (AvgIpc) is 2.86. The minimum absolute atomic E-state index is 0.124. The smallest absolute Gasteiger partial charge is 0.254 e. The molecule has 0 aliphatic heterocycles. The van der Waals surface area contributed by atoms with Crippen LogP contribution in [0.2, 0.25) is 5.02 Å². The zero-order chi connectivity index (χ0) is 16.1. The van der Waals surface area contributed by atoms with Gasteiger partial charge >= 0.3 is 0 Å². The molecule has 0 fully saturated rings. The predicted octanol–water partition coefficient (Wildman–Crippen LogP) is 1.70. The maximum absolute atomic E-state index is 12.1. The maximum Gasteiger partial charge on any atom is 0.254 e. The summed E-state index contributed by atoms with van der Waals surface area (Å²) >= 11 is 5.86. The minimum atomic E-state index is -0.219. The largest absolute Gasteiger partial charge is 0.355 e. The number of nitrogens with one attached hydrogen (secondary N) is 2. The predicted molar refractivity (Wildman–Crippen MR) is 84.3 cm³/mol. The number of hydrogen-bond acceptors (Lipinski definition) is 3. The Morgan fingerprint density at radius 2 is 1.82 bits per heavy atom. The van der Waals surface area contributed by atoms with Crippen molar-refractivity contribution in [3.8, 4) is 5.69 Å². The number of hydrogen-bond donors (Lipinski definition) is 2. The Bertz CT molecular complexity index is 679. The average molecular weight is 321 g/mol. The Balaban J connectivity index is 2.05. The number of halogens is 1. The molecule has 0 unspecified atom stereocenters. The first-order valence-corrected chi connectivity index (χ1v) is 7.20. The quantitative estimate of drug-likeness (QED) is 0.823. The summed E-state index contributed by atoms with van der Waals surface area (Å²) in [4.78, 5) is 22.9. The van der Waals surface area contributed by atoms with E-state index < -0.39 is 0 Å². The van der Waals surface area contributed by atoms with Crippen LogP contribution in [0.4, 0.5) is 0 Å². The molecule has 2 aromatic rings. The van der Waals surface area contributed by atoms with E-state index in [-0.39, 0.29) is 11.8 Å². The van der Waals surface area contributed by atoms with Crippen LogP contribution in [0.1, 0.15) is 23.0 Å². The van der Waals surface area contributed by atoms with Gasteiger partial charge in [0.15, 0.2) is 0 Å². The lowest BCUT2D eigenvalue weighted by Gasteiger charge is -2.07. The normalized spacial score (nSPS) is 10.3. The van der Waals surface area contributed by atoms with Crippen LogP contribution in [0.3, 0.4) is 0 Å². The summed E-state index contributed by atoms with van der Waals surface area (Å²) in [6, 6.07) is 7.21. The fourth-order valence-corrected chi connectivity index (χ4v) is 2.11. The summed E-state index contributed by atoms with van der Waals surface area (Å²) in [7, 11) is 0. The van der Waals surface area contributed by atoms with E-state index >= 15 is 0 Å². The van der Waals surface area contributed by atoms with E-state index in [4.69, 9.17) is 11.6 Å². The van der Waals surface area contributed by atoms with Gasteiger partial charge in [0.05, 0.1) is 23.1 Å². The Hall–Kier alpha value is -2.34. The van der Waals surface area contributed by atoms with E-state index in [1.165, 1.54) is 13.1 Å². The molecule has 1 aromatic carbocycles. The first-order chi connectivity index (χ1) is 10.5. The summed E-state index contributed by atoms with van der Waals surface area (Å²) in [5, 5.41) is 10.2. The Kier molecular flexibility index (Phi) is 5.16. The highest BCUT2D eigenvalue weighted by molar-refractivity contribution is 6.30. The second-order valence-corrected chi connectivity index (χ2v) is 5.21. The molecular weight excluding hydrogens is 304 g/mol. The molecule has 7 heteroatoms. The van der Waals surface area contributed by atoms with Crippen molar-refractivity contribution in [1.82, 2.24) is 20.4 Å². The second kappa shape index (κ2) is 7.09. The minimum Gasteiger partial charge on any atom is -0.355 e. The van der Waals surface area contributed by atoms with Gasteiger partial charge in [-0.3, -0.25) is 9.59 Å². The van der Waals surface area contributed by atoms with Crippen LogP contribution in [-0.2, 0) is 4.79 Å². The van der Waals surface area contributed by atoms with E-state index in [9.17, 15) is 9.59 Å². The van der Waals surface area contributed by atoms with E-state index in [2.05, 4.69) is 15.7 Å². The number of carbonyl (C=O) groups excluding carboxylic acids is 2. The van der Waals surface area contributed by atoms with E-state index in [0.717, 1.165) is 11.4 Å². The number of carbonyl (C=O) groups is 2. The van der Waals surface area contributed by atoms with Crippen molar-refractivity contribution in [2.24, 2.45) is 0 Å². The lowest BCUT2D eigenvalue weighted by molar-refractivity contribution is -0.118. The zero-order valence-electron chi connectivity index (χ0n) is 12.4. The molecule has 116 valence electrons. The van der Waals surface area contributed by atoms with Gasteiger partial charge in [0, 0.05) is 25.0 Å². The molecule has 0 spiro atoms. The van der Waals surface area contributed by atoms with Gasteiger partial charge in [0.1, 0.15) is 0 Å². The molecule has 0 saturated heterocycles. The Labute approximate surface area is 133 Å². The highest BCUT2D eigenvalue weighted by Gasteiger charge is 2.14. The van der Waals surface area contributed by atoms with Crippen LogP contribution in [-0.4, -0.2) is 34.7 Å². The van der Waals surface area contributed by atoms with Gasteiger partial charge in [0.2, 0.25) is 5.91 Å². The molecule has 1 aromatic heterocycles. The van der Waals surface area contributed by atoms with Crippen LogP contribution >= 0.6 is 11.6 Å². The van der Waals surface area contributed by atoms with Crippen LogP contribution < -0.4 is 10.6 Å². The fourth-order valence-electron chi connectivity index (χ4n) is 1.98. The molecule has 22 heavy (non-hydrogen) atoms. The van der Waals surface area contributed by atoms with Gasteiger partial charge in [0.25, 0.3) is 5.91 Å². The summed E-state index contributed by atoms with van der Waals surface area (Å²) < 4.78 is 1.68. The monoisotopic (exact) mass is 320 g/mol. The molecule has 0 bridgehead atoms. The fraction of sp³-hybridized carbons (Fsp3) is 0.267. The van der Waals surface area contributed by atoms with Crippen LogP contribution in [0, 0.1) is 6.92 Å². The molecule has 0 radical (unpaired) electrons. The third-order valence-corrected chi connectivity index (χ3v) is 3.36. The van der Waals surface area contributed by atoms with Crippen LogP contribution in [0.25, 0.3) is 5.69 Å². The van der Waals surface area contributed by atoms with E-state index in [1.807, 2.05) is 19.1 Å². The highest BCUT2D eigenvalue weighted by Crippen LogP contribution is 2.16. The molecule has 0 saturated carbocycles. The SMILES string of the molecule is CC(=O)NCCNC(=O)c1cnn(-c2ccc(Cl)cc2)c1C. The zero-order valence-corrected chi connectivity index (χ0v) is 13.1. The number of benzene rings is 1.